The molecular weight excluding hydrogens is 973 g/mol. The van der Waals surface area contributed by atoms with Crippen LogP contribution in [-0.2, 0) is 10.8 Å². The molecule has 2 nitrogen and oxygen atoms in total. The van der Waals surface area contributed by atoms with Gasteiger partial charge >= 0.3 is 0 Å². The molecule has 0 radical (unpaired) electrons. The molecule has 1 heterocycles. The van der Waals surface area contributed by atoms with E-state index in [0.29, 0.717) is 0 Å². The highest BCUT2D eigenvalue weighted by Gasteiger charge is 2.38. The van der Waals surface area contributed by atoms with Crippen molar-refractivity contribution in [1.82, 2.24) is 0 Å². The average Bonchev–Trinajstić information content (AvgIpc) is 4.12. The molecule has 0 saturated heterocycles. The van der Waals surface area contributed by atoms with Crippen LogP contribution in [0.5, 0.6) is 0 Å². The predicted molar refractivity (Wildman–Crippen MR) is 342 cm³/mol. The lowest BCUT2D eigenvalue weighted by atomic mass is 9.81. The molecule has 3 heteroatoms. The van der Waals surface area contributed by atoms with Crippen molar-refractivity contribution in [3.05, 3.63) is 273 Å². The molecule has 2 aliphatic carbocycles. The van der Waals surface area contributed by atoms with Crippen LogP contribution in [0, 0.1) is 27.7 Å². The summed E-state index contributed by atoms with van der Waals surface area (Å²) in [5.41, 5.74) is 30.0. The number of anilines is 6. The minimum absolute atomic E-state index is 0.172. The number of hydrogen-bond acceptors (Lipinski definition) is 2. The van der Waals surface area contributed by atoms with Gasteiger partial charge in [-0.15, -0.1) is 0 Å². The van der Waals surface area contributed by atoms with Gasteiger partial charge in [-0.25, -0.2) is 0 Å². The molecule has 0 unspecified atom stereocenters. The second-order valence-corrected chi connectivity index (χ2v) is 27.4. The van der Waals surface area contributed by atoms with Gasteiger partial charge in [0.1, 0.15) is 0 Å². The van der Waals surface area contributed by atoms with Crippen LogP contribution in [0.25, 0.3) is 57.7 Å². The summed E-state index contributed by atoms with van der Waals surface area (Å²) in [6.07, 6.45) is 14.1. The van der Waals surface area contributed by atoms with E-state index in [9.17, 15) is 0 Å². The summed E-state index contributed by atoms with van der Waals surface area (Å²) in [5, 5.41) is 0. The third kappa shape index (κ3) is 8.67. The van der Waals surface area contributed by atoms with E-state index in [1.807, 2.05) is 0 Å². The normalized spacial score (nSPS) is 15.1. The molecule has 1 aliphatic heterocycles. The Bertz CT molecular complexity index is 3820. The molecular formula is C76H68N2S. The van der Waals surface area contributed by atoms with Gasteiger partial charge in [-0.1, -0.05) is 161 Å². The van der Waals surface area contributed by atoms with E-state index in [0.717, 1.165) is 0 Å². The summed E-state index contributed by atoms with van der Waals surface area (Å²) in [6.45, 7) is 18.2. The highest BCUT2D eigenvalue weighted by Crippen LogP contribution is 2.67. The van der Waals surface area contributed by atoms with Gasteiger partial charge in [0.25, 0.3) is 0 Å². The van der Waals surface area contributed by atoms with E-state index in [1.54, 1.807) is 0 Å². The van der Waals surface area contributed by atoms with Crippen LogP contribution in [0.15, 0.2) is 216 Å². The highest BCUT2D eigenvalue weighted by molar-refractivity contribution is 8.33. The van der Waals surface area contributed by atoms with E-state index < -0.39 is 10.0 Å². The van der Waals surface area contributed by atoms with Crippen LogP contribution in [0.2, 0.25) is 0 Å². The molecule has 0 fully saturated rings. The second kappa shape index (κ2) is 18.9. The zero-order chi connectivity index (χ0) is 54.5. The SMILES string of the molecule is Cc1cccc(N(c2cccc(C)c2)c2ccc3c(c2)C(C)(C)c2cc(/C=C/c4ccc5c(c4)-c4cc(/C=C/c6ccc7c(c6)C(C)(C)c6cc(N(c8cccc(C)c8)c8cccc(C)c8)ccc6-7)ccc4S5(C)C)ccc2-3)c1. The van der Waals surface area contributed by atoms with Crippen molar-refractivity contribution in [3.63, 3.8) is 0 Å². The van der Waals surface area contributed by atoms with Gasteiger partial charge in [0, 0.05) is 54.7 Å². The lowest BCUT2D eigenvalue weighted by Crippen LogP contribution is -2.16. The van der Waals surface area contributed by atoms with E-state index in [1.165, 1.54) is 144 Å². The van der Waals surface area contributed by atoms with Gasteiger partial charge in [-0.05, 0) is 237 Å². The quantitative estimate of drug-likeness (QED) is 0.126. The fraction of sp³-hybridized carbons (Fsp3) is 0.158. The predicted octanol–water partition coefficient (Wildman–Crippen LogP) is 21.3. The standard InChI is InChI=1S/C76H68N2S/c1-49-15-11-19-57(39-49)77(58-20-12-16-50(2)40-58)61-31-35-65-63-33-27-55(45-69(63)75(5,6)71(65)47-61)25-23-53-29-37-73-67(43-53)68-44-54(30-38-74(68)79(73,9)10)24-26-56-28-34-64-66-36-32-62(48-72(66)76(7,8)70(64)46-56)78(59-21-13-17-51(3)41-59)60-22-14-18-52(4)42-60/h11-48H,1-10H3/b25-23+,26-24+. The Morgan fingerprint density at radius 1 is 0.291 bits per heavy atom. The Balaban J connectivity index is 0.758. The fourth-order valence-electron chi connectivity index (χ4n) is 13.1. The first kappa shape index (κ1) is 50.2. The van der Waals surface area contributed by atoms with E-state index >= 15 is 0 Å². The molecule has 0 spiro atoms. The zero-order valence-electron chi connectivity index (χ0n) is 47.2. The Morgan fingerprint density at radius 2 is 0.570 bits per heavy atom. The Morgan fingerprint density at radius 3 is 0.899 bits per heavy atom. The second-order valence-electron chi connectivity index (χ2n) is 23.9. The van der Waals surface area contributed by atoms with Crippen molar-refractivity contribution in [1.29, 1.82) is 0 Å². The summed E-state index contributed by atoms with van der Waals surface area (Å²) in [5.74, 6) is 0. The van der Waals surface area contributed by atoms with Crippen LogP contribution in [0.1, 0.15) is 94.5 Å². The Hall–Kier alpha value is -8.37. The Kier molecular flexibility index (Phi) is 12.0. The first-order valence-corrected chi connectivity index (χ1v) is 30.3. The summed E-state index contributed by atoms with van der Waals surface area (Å²) < 4.78 is 0. The molecule has 13 rings (SSSR count). The van der Waals surface area contributed by atoms with Gasteiger partial charge in [0.05, 0.1) is 0 Å². The number of aryl methyl sites for hydroxylation is 4. The summed E-state index contributed by atoms with van der Waals surface area (Å²) >= 11 is 0. The summed E-state index contributed by atoms with van der Waals surface area (Å²) in [7, 11) is -1.17. The van der Waals surface area contributed by atoms with Gasteiger partial charge in [0.2, 0.25) is 0 Å². The first-order chi connectivity index (χ1) is 38.0. The molecule has 0 saturated carbocycles. The summed E-state index contributed by atoms with van der Waals surface area (Å²) in [6, 6.07) is 77.8. The average molecular weight is 1040 g/mol. The number of nitrogens with zero attached hydrogens (tertiary/aromatic N) is 2. The lowest BCUT2D eigenvalue weighted by molar-refractivity contribution is 0.660. The molecule has 3 aliphatic rings. The molecule has 388 valence electrons. The molecule has 0 atom stereocenters. The molecule has 0 N–H and O–H groups in total. The summed E-state index contributed by atoms with van der Waals surface area (Å²) in [4.78, 5) is 7.73. The van der Waals surface area contributed by atoms with Gasteiger partial charge in [0.15, 0.2) is 0 Å². The van der Waals surface area contributed by atoms with Crippen LogP contribution in [0.4, 0.5) is 34.1 Å². The molecule has 10 aromatic rings. The van der Waals surface area contributed by atoms with Crippen molar-refractivity contribution in [2.75, 3.05) is 22.3 Å². The topological polar surface area (TPSA) is 6.48 Å². The molecule has 10 aromatic carbocycles. The van der Waals surface area contributed by atoms with E-state index in [-0.39, 0.29) is 10.8 Å². The molecule has 0 bridgehead atoms. The number of benzene rings is 10. The highest BCUT2D eigenvalue weighted by atomic mass is 32.3. The molecule has 0 amide bonds. The van der Waals surface area contributed by atoms with Crippen molar-refractivity contribution < 1.29 is 0 Å². The monoisotopic (exact) mass is 1040 g/mol. The third-order valence-electron chi connectivity index (χ3n) is 17.3. The fourth-order valence-corrected chi connectivity index (χ4v) is 15.5. The zero-order valence-corrected chi connectivity index (χ0v) is 48.1. The van der Waals surface area contributed by atoms with Gasteiger partial charge < -0.3 is 9.80 Å². The number of fused-ring (bicyclic) bond motifs is 9. The Labute approximate surface area is 470 Å². The van der Waals surface area contributed by atoms with Gasteiger partial charge in [-0.2, -0.15) is 10.0 Å². The van der Waals surface area contributed by atoms with Crippen LogP contribution < -0.4 is 9.80 Å². The van der Waals surface area contributed by atoms with Crippen LogP contribution >= 0.6 is 10.0 Å². The minimum atomic E-state index is -1.17. The van der Waals surface area contributed by atoms with Gasteiger partial charge in [-0.3, -0.25) is 0 Å². The lowest BCUT2D eigenvalue weighted by Gasteiger charge is -2.28. The molecule has 0 aromatic heterocycles. The van der Waals surface area contributed by atoms with Crippen molar-refractivity contribution in [2.45, 2.75) is 76.0 Å². The maximum Gasteiger partial charge on any atom is 0.0465 e. The molecule has 79 heavy (non-hydrogen) atoms. The maximum atomic E-state index is 2.45. The maximum absolute atomic E-state index is 2.45. The van der Waals surface area contributed by atoms with E-state index in [4.69, 9.17) is 0 Å². The van der Waals surface area contributed by atoms with E-state index in [2.05, 4.69) is 308 Å². The van der Waals surface area contributed by atoms with Crippen LogP contribution in [0.3, 0.4) is 0 Å². The minimum Gasteiger partial charge on any atom is -0.310 e. The smallest absolute Gasteiger partial charge is 0.0465 e. The van der Waals surface area contributed by atoms with Crippen molar-refractivity contribution >= 4 is 68.5 Å². The van der Waals surface area contributed by atoms with Crippen molar-refractivity contribution in [2.24, 2.45) is 0 Å². The third-order valence-corrected chi connectivity index (χ3v) is 20.2. The van der Waals surface area contributed by atoms with Crippen LogP contribution in [-0.4, -0.2) is 12.5 Å². The van der Waals surface area contributed by atoms with Crippen molar-refractivity contribution in [3.8, 4) is 33.4 Å². The number of rotatable bonds is 10. The number of hydrogen-bond donors (Lipinski definition) is 0. The first-order valence-electron chi connectivity index (χ1n) is 27.9. The largest absolute Gasteiger partial charge is 0.310 e.